The number of anilines is 3. The molecule has 0 saturated heterocycles. The molecule has 1 aromatic carbocycles. The number of aromatic nitrogens is 3. The van der Waals surface area contributed by atoms with Gasteiger partial charge in [0.15, 0.2) is 5.82 Å². The number of nitrogens with zero attached hydrogens (tertiary/aromatic N) is 4. The van der Waals surface area contributed by atoms with Gasteiger partial charge < -0.3 is 14.7 Å². The van der Waals surface area contributed by atoms with Crippen LogP contribution in [0.2, 0.25) is 0 Å². The Morgan fingerprint density at radius 3 is 2.44 bits per heavy atom. The van der Waals surface area contributed by atoms with Gasteiger partial charge >= 0.3 is 0 Å². The molecule has 3 aromatic rings. The highest BCUT2D eigenvalue weighted by molar-refractivity contribution is 5.54. The van der Waals surface area contributed by atoms with E-state index in [1.165, 1.54) is 5.56 Å². The highest BCUT2D eigenvalue weighted by Gasteiger charge is 2.16. The summed E-state index contributed by atoms with van der Waals surface area (Å²) in [4.78, 5) is 11.5. The molecule has 6 nitrogen and oxygen atoms in total. The molecule has 0 radical (unpaired) electrons. The van der Waals surface area contributed by atoms with Gasteiger partial charge in [0.1, 0.15) is 11.6 Å². The molecule has 6 heteroatoms. The monoisotopic (exact) mass is 337 g/mol. The molecule has 0 bridgehead atoms. The molecule has 25 heavy (non-hydrogen) atoms. The Labute approximate surface area is 147 Å². The highest BCUT2D eigenvalue weighted by atomic mass is 16.5. The minimum Gasteiger partial charge on any atom is -0.360 e. The Balaban J connectivity index is 1.88. The van der Waals surface area contributed by atoms with E-state index in [0.29, 0.717) is 17.6 Å². The predicted molar refractivity (Wildman–Crippen MR) is 99.1 cm³/mol. The van der Waals surface area contributed by atoms with Gasteiger partial charge in [-0.3, -0.25) is 0 Å². The van der Waals surface area contributed by atoms with Crippen LogP contribution < -0.4 is 10.2 Å². The maximum absolute atomic E-state index is 5.10. The second kappa shape index (κ2) is 7.34. The first-order valence-corrected chi connectivity index (χ1v) is 8.38. The van der Waals surface area contributed by atoms with Crippen molar-refractivity contribution < 1.29 is 4.52 Å². The van der Waals surface area contributed by atoms with Crippen LogP contribution in [0.3, 0.4) is 0 Å². The lowest BCUT2D eigenvalue weighted by Crippen LogP contribution is -2.32. The molecule has 2 heterocycles. The fraction of sp³-hybridized carbons (Fsp3) is 0.316. The summed E-state index contributed by atoms with van der Waals surface area (Å²) in [6, 6.07) is 14.3. The highest BCUT2D eigenvalue weighted by Crippen LogP contribution is 2.21. The quantitative estimate of drug-likeness (QED) is 0.725. The zero-order valence-electron chi connectivity index (χ0n) is 15.0. The lowest BCUT2D eigenvalue weighted by atomic mass is 10.2. The Morgan fingerprint density at radius 2 is 1.80 bits per heavy atom. The summed E-state index contributed by atoms with van der Waals surface area (Å²) in [5, 5.41) is 7.14. The van der Waals surface area contributed by atoms with Crippen LogP contribution >= 0.6 is 0 Å². The largest absolute Gasteiger partial charge is 0.360 e. The van der Waals surface area contributed by atoms with Crippen LogP contribution in [0.15, 0.2) is 47.0 Å². The fourth-order valence-corrected chi connectivity index (χ4v) is 2.57. The second-order valence-electron chi connectivity index (χ2n) is 6.35. The van der Waals surface area contributed by atoms with Crippen molar-refractivity contribution in [1.29, 1.82) is 0 Å². The van der Waals surface area contributed by atoms with Gasteiger partial charge in [-0.15, -0.1) is 0 Å². The number of benzene rings is 1. The van der Waals surface area contributed by atoms with Crippen molar-refractivity contribution in [2.75, 3.05) is 10.2 Å². The summed E-state index contributed by atoms with van der Waals surface area (Å²) in [7, 11) is 0. The van der Waals surface area contributed by atoms with E-state index in [2.05, 4.69) is 51.3 Å². The third-order valence-electron chi connectivity index (χ3n) is 3.80. The van der Waals surface area contributed by atoms with Gasteiger partial charge in [0, 0.05) is 30.4 Å². The van der Waals surface area contributed by atoms with E-state index < -0.39 is 0 Å². The number of hydrogen-bond acceptors (Lipinski definition) is 6. The molecule has 0 unspecified atom stereocenters. The van der Waals surface area contributed by atoms with Gasteiger partial charge in [-0.2, -0.15) is 4.98 Å². The van der Waals surface area contributed by atoms with Crippen LogP contribution in [0.25, 0.3) is 0 Å². The number of hydrogen-bond donors (Lipinski definition) is 1. The van der Waals surface area contributed by atoms with E-state index in [0.717, 1.165) is 18.0 Å². The van der Waals surface area contributed by atoms with Crippen LogP contribution in [0.4, 0.5) is 17.6 Å². The molecule has 3 rings (SSSR count). The van der Waals surface area contributed by atoms with E-state index in [9.17, 15) is 0 Å². The van der Waals surface area contributed by atoms with Gasteiger partial charge in [0.25, 0.3) is 0 Å². The normalized spacial score (nSPS) is 10.9. The molecule has 0 atom stereocenters. The summed E-state index contributed by atoms with van der Waals surface area (Å²) in [5.41, 5.74) is 2.12. The lowest BCUT2D eigenvalue weighted by Gasteiger charge is -2.27. The average molecular weight is 337 g/mol. The summed E-state index contributed by atoms with van der Waals surface area (Å²) in [6.07, 6.45) is 0. The third-order valence-corrected chi connectivity index (χ3v) is 3.80. The smallest absolute Gasteiger partial charge is 0.228 e. The van der Waals surface area contributed by atoms with Crippen molar-refractivity contribution in [3.63, 3.8) is 0 Å². The Morgan fingerprint density at radius 1 is 1.04 bits per heavy atom. The maximum atomic E-state index is 5.10. The van der Waals surface area contributed by atoms with Crippen LogP contribution in [0.5, 0.6) is 0 Å². The van der Waals surface area contributed by atoms with Gasteiger partial charge in [-0.05, 0) is 33.3 Å². The average Bonchev–Trinajstić information content (AvgIpc) is 2.97. The standard InChI is InChI=1S/C19H23N5O/c1-13(2)24(12-16-8-6-5-7-9-16)19-20-14(3)10-17(22-19)21-18-11-15(4)25-23-18/h5-11,13H,12H2,1-4H3,(H,20,21,22,23). The predicted octanol–water partition coefficient (Wildman–Crippen LogP) is 4.24. The SMILES string of the molecule is Cc1cc(Nc2cc(C)on2)nc(N(Cc2ccccc2)C(C)C)n1. The van der Waals surface area contributed by atoms with Crippen molar-refractivity contribution >= 4 is 17.6 Å². The first-order valence-electron chi connectivity index (χ1n) is 8.38. The van der Waals surface area contributed by atoms with E-state index in [-0.39, 0.29) is 6.04 Å². The molecule has 0 saturated carbocycles. The minimum absolute atomic E-state index is 0.268. The summed E-state index contributed by atoms with van der Waals surface area (Å²) >= 11 is 0. The van der Waals surface area contributed by atoms with Crippen molar-refractivity contribution in [3.8, 4) is 0 Å². The van der Waals surface area contributed by atoms with E-state index in [4.69, 9.17) is 4.52 Å². The first-order chi connectivity index (χ1) is 12.0. The van der Waals surface area contributed by atoms with Gasteiger partial charge in [-0.1, -0.05) is 35.5 Å². The molecule has 130 valence electrons. The zero-order valence-corrected chi connectivity index (χ0v) is 15.0. The molecular weight excluding hydrogens is 314 g/mol. The fourth-order valence-electron chi connectivity index (χ4n) is 2.57. The molecule has 0 aliphatic heterocycles. The Hall–Kier alpha value is -2.89. The topological polar surface area (TPSA) is 67.1 Å². The van der Waals surface area contributed by atoms with E-state index in [1.54, 1.807) is 0 Å². The van der Waals surface area contributed by atoms with Crippen LogP contribution in [0.1, 0.15) is 30.9 Å². The van der Waals surface area contributed by atoms with Crippen molar-refractivity contribution in [2.24, 2.45) is 0 Å². The van der Waals surface area contributed by atoms with E-state index in [1.807, 2.05) is 44.2 Å². The van der Waals surface area contributed by atoms with Crippen molar-refractivity contribution in [2.45, 2.75) is 40.3 Å². The molecule has 0 aliphatic carbocycles. The number of rotatable bonds is 6. The maximum Gasteiger partial charge on any atom is 0.228 e. The lowest BCUT2D eigenvalue weighted by molar-refractivity contribution is 0.400. The van der Waals surface area contributed by atoms with Crippen LogP contribution in [-0.4, -0.2) is 21.2 Å². The summed E-state index contributed by atoms with van der Waals surface area (Å²) in [5.74, 6) is 2.79. The number of nitrogens with one attached hydrogen (secondary N) is 1. The van der Waals surface area contributed by atoms with Crippen molar-refractivity contribution in [1.82, 2.24) is 15.1 Å². The summed E-state index contributed by atoms with van der Waals surface area (Å²) in [6.45, 7) is 8.86. The first kappa shape index (κ1) is 17.0. The third kappa shape index (κ3) is 4.35. The Bertz CT molecular complexity index is 829. The van der Waals surface area contributed by atoms with Gasteiger partial charge in [0.2, 0.25) is 5.95 Å². The Kier molecular flexibility index (Phi) is 4.97. The minimum atomic E-state index is 0.268. The zero-order chi connectivity index (χ0) is 17.8. The summed E-state index contributed by atoms with van der Waals surface area (Å²) < 4.78 is 5.10. The van der Waals surface area contributed by atoms with Crippen LogP contribution in [-0.2, 0) is 6.54 Å². The molecule has 0 aliphatic rings. The molecule has 0 spiro atoms. The molecule has 2 aromatic heterocycles. The van der Waals surface area contributed by atoms with Crippen molar-refractivity contribution in [3.05, 3.63) is 59.5 Å². The molecular formula is C19H23N5O. The van der Waals surface area contributed by atoms with Crippen LogP contribution in [0, 0.1) is 13.8 Å². The molecule has 0 amide bonds. The molecule has 0 fully saturated rings. The van der Waals surface area contributed by atoms with Gasteiger partial charge in [0.05, 0.1) is 0 Å². The number of aryl methyl sites for hydroxylation is 2. The van der Waals surface area contributed by atoms with E-state index >= 15 is 0 Å². The second-order valence-corrected chi connectivity index (χ2v) is 6.35. The van der Waals surface area contributed by atoms with Gasteiger partial charge in [-0.25, -0.2) is 4.98 Å². The molecule has 1 N–H and O–H groups in total.